The van der Waals surface area contributed by atoms with Crippen LogP contribution >= 0.6 is 0 Å². The Morgan fingerprint density at radius 1 is 1.08 bits per heavy atom. The summed E-state index contributed by atoms with van der Waals surface area (Å²) in [5, 5.41) is 8.20. The van der Waals surface area contributed by atoms with Crippen molar-refractivity contribution in [3.63, 3.8) is 0 Å². The van der Waals surface area contributed by atoms with Crippen LogP contribution in [0.2, 0.25) is 0 Å². The van der Waals surface area contributed by atoms with E-state index in [9.17, 15) is 0 Å². The highest BCUT2D eigenvalue weighted by Crippen LogP contribution is 2.23. The first kappa shape index (κ1) is 15.3. The van der Waals surface area contributed by atoms with Crippen molar-refractivity contribution in [3.05, 3.63) is 42.2 Å². The molecule has 6 heteroatoms. The van der Waals surface area contributed by atoms with Crippen molar-refractivity contribution in [2.75, 3.05) is 13.1 Å². The normalized spacial score (nSPS) is 16.9. The van der Waals surface area contributed by atoms with Crippen molar-refractivity contribution in [2.45, 2.75) is 25.8 Å². The first-order chi connectivity index (χ1) is 11.7. The topological polar surface area (TPSA) is 51.8 Å². The van der Waals surface area contributed by atoms with Gasteiger partial charge in [0.15, 0.2) is 0 Å². The van der Waals surface area contributed by atoms with Gasteiger partial charge in [0.05, 0.1) is 17.6 Å². The van der Waals surface area contributed by atoms with Crippen LogP contribution in [0.3, 0.4) is 0 Å². The SMILES string of the molecule is Cn1cnnc1CC1CCN(Cc2nc3ccccc3n2C)CC1. The molecule has 3 heterocycles. The third-order valence-corrected chi connectivity index (χ3v) is 5.23. The highest BCUT2D eigenvalue weighted by molar-refractivity contribution is 5.75. The smallest absolute Gasteiger partial charge is 0.132 e. The minimum atomic E-state index is 0.713. The number of aromatic nitrogens is 5. The maximum atomic E-state index is 4.80. The van der Waals surface area contributed by atoms with E-state index in [1.807, 2.05) is 11.6 Å². The van der Waals surface area contributed by atoms with Gasteiger partial charge in [-0.3, -0.25) is 4.90 Å². The van der Waals surface area contributed by atoms with E-state index in [1.54, 1.807) is 6.33 Å². The Kier molecular flexibility index (Phi) is 4.06. The second-order valence-corrected chi connectivity index (χ2v) is 6.86. The van der Waals surface area contributed by atoms with Gasteiger partial charge in [-0.2, -0.15) is 0 Å². The van der Waals surface area contributed by atoms with Crippen LogP contribution < -0.4 is 0 Å². The molecule has 1 aliphatic rings. The van der Waals surface area contributed by atoms with Crippen molar-refractivity contribution in [1.29, 1.82) is 0 Å². The van der Waals surface area contributed by atoms with E-state index in [0.29, 0.717) is 5.92 Å². The number of hydrogen-bond donors (Lipinski definition) is 0. The number of para-hydroxylation sites is 2. The summed E-state index contributed by atoms with van der Waals surface area (Å²) in [7, 11) is 4.14. The molecule has 0 radical (unpaired) electrons. The summed E-state index contributed by atoms with van der Waals surface area (Å²) < 4.78 is 4.26. The van der Waals surface area contributed by atoms with Crippen LogP contribution in [0.15, 0.2) is 30.6 Å². The van der Waals surface area contributed by atoms with E-state index in [1.165, 1.54) is 18.4 Å². The fourth-order valence-electron chi connectivity index (χ4n) is 3.64. The molecule has 0 spiro atoms. The number of nitrogens with zero attached hydrogens (tertiary/aromatic N) is 6. The summed E-state index contributed by atoms with van der Waals surface area (Å²) in [6, 6.07) is 8.35. The standard InChI is InChI=1S/C18H24N6/c1-22-13-19-21-17(22)11-14-7-9-24(10-8-14)12-18-20-15-5-3-4-6-16(15)23(18)2/h3-6,13-14H,7-12H2,1-2H3. The Morgan fingerprint density at radius 3 is 2.58 bits per heavy atom. The second-order valence-electron chi connectivity index (χ2n) is 6.86. The number of fused-ring (bicyclic) bond motifs is 1. The van der Waals surface area contributed by atoms with Crippen LogP contribution in [0.5, 0.6) is 0 Å². The van der Waals surface area contributed by atoms with E-state index in [4.69, 9.17) is 4.98 Å². The van der Waals surface area contributed by atoms with E-state index in [-0.39, 0.29) is 0 Å². The number of likely N-dealkylation sites (tertiary alicyclic amines) is 1. The minimum Gasteiger partial charge on any atom is -0.330 e. The van der Waals surface area contributed by atoms with E-state index in [0.717, 1.165) is 43.2 Å². The first-order valence-electron chi connectivity index (χ1n) is 8.66. The summed E-state index contributed by atoms with van der Waals surface area (Å²) in [6.07, 6.45) is 5.26. The Balaban J connectivity index is 1.37. The molecule has 0 atom stereocenters. The van der Waals surface area contributed by atoms with E-state index >= 15 is 0 Å². The van der Waals surface area contributed by atoms with Gasteiger partial charge in [-0.15, -0.1) is 10.2 Å². The molecule has 0 unspecified atom stereocenters. The average Bonchev–Trinajstić information content (AvgIpc) is 3.14. The van der Waals surface area contributed by atoms with Crippen molar-refractivity contribution >= 4 is 11.0 Å². The molecular formula is C18H24N6. The quantitative estimate of drug-likeness (QED) is 0.738. The number of imidazole rings is 1. The van der Waals surface area contributed by atoms with E-state index in [2.05, 4.69) is 51.0 Å². The maximum Gasteiger partial charge on any atom is 0.132 e. The molecule has 1 aromatic carbocycles. The molecule has 0 aliphatic carbocycles. The Labute approximate surface area is 142 Å². The largest absolute Gasteiger partial charge is 0.330 e. The van der Waals surface area contributed by atoms with Gasteiger partial charge in [0.25, 0.3) is 0 Å². The van der Waals surface area contributed by atoms with Crippen LogP contribution in [-0.4, -0.2) is 42.3 Å². The summed E-state index contributed by atoms with van der Waals surface area (Å²) >= 11 is 0. The van der Waals surface area contributed by atoms with Crippen molar-refractivity contribution in [2.24, 2.45) is 20.0 Å². The predicted octanol–water partition coefficient (Wildman–Crippen LogP) is 2.16. The molecule has 0 saturated carbocycles. The molecular weight excluding hydrogens is 300 g/mol. The summed E-state index contributed by atoms with van der Waals surface area (Å²) in [5.74, 6) is 2.97. The zero-order chi connectivity index (χ0) is 16.5. The molecule has 1 saturated heterocycles. The lowest BCUT2D eigenvalue weighted by molar-refractivity contribution is 0.171. The molecule has 0 N–H and O–H groups in total. The lowest BCUT2D eigenvalue weighted by Crippen LogP contribution is -2.34. The molecule has 3 aromatic rings. The van der Waals surface area contributed by atoms with Gasteiger partial charge < -0.3 is 9.13 Å². The number of benzene rings is 1. The molecule has 2 aromatic heterocycles. The van der Waals surface area contributed by atoms with E-state index < -0.39 is 0 Å². The van der Waals surface area contributed by atoms with Gasteiger partial charge in [0.2, 0.25) is 0 Å². The van der Waals surface area contributed by atoms with Crippen molar-refractivity contribution in [1.82, 2.24) is 29.2 Å². The number of rotatable bonds is 4. The minimum absolute atomic E-state index is 0.713. The number of hydrogen-bond acceptors (Lipinski definition) is 4. The lowest BCUT2D eigenvalue weighted by Gasteiger charge is -2.31. The molecule has 1 aliphatic heterocycles. The Bertz CT molecular complexity index is 825. The van der Waals surface area contributed by atoms with Crippen LogP contribution in [-0.2, 0) is 27.1 Å². The van der Waals surface area contributed by atoms with Gasteiger partial charge in [-0.05, 0) is 44.0 Å². The molecule has 1 fully saturated rings. The van der Waals surface area contributed by atoms with Crippen molar-refractivity contribution in [3.8, 4) is 0 Å². The Morgan fingerprint density at radius 2 is 1.88 bits per heavy atom. The third-order valence-electron chi connectivity index (χ3n) is 5.23. The molecule has 6 nitrogen and oxygen atoms in total. The highest BCUT2D eigenvalue weighted by Gasteiger charge is 2.22. The summed E-state index contributed by atoms with van der Waals surface area (Å²) in [5.41, 5.74) is 2.30. The van der Waals surface area contributed by atoms with Gasteiger partial charge in [-0.1, -0.05) is 12.1 Å². The lowest BCUT2D eigenvalue weighted by atomic mass is 9.93. The number of piperidine rings is 1. The maximum absolute atomic E-state index is 4.80. The van der Waals surface area contributed by atoms with Gasteiger partial charge in [0.1, 0.15) is 18.0 Å². The molecule has 4 rings (SSSR count). The van der Waals surface area contributed by atoms with Crippen LogP contribution in [0.25, 0.3) is 11.0 Å². The van der Waals surface area contributed by atoms with Crippen LogP contribution in [0.4, 0.5) is 0 Å². The predicted molar refractivity (Wildman–Crippen MR) is 93.4 cm³/mol. The molecule has 0 amide bonds. The fourth-order valence-corrected chi connectivity index (χ4v) is 3.64. The van der Waals surface area contributed by atoms with Gasteiger partial charge in [0, 0.05) is 20.5 Å². The number of aryl methyl sites for hydroxylation is 2. The highest BCUT2D eigenvalue weighted by atomic mass is 15.2. The third kappa shape index (κ3) is 2.94. The second kappa shape index (κ2) is 6.36. The Hall–Kier alpha value is -2.21. The zero-order valence-electron chi connectivity index (χ0n) is 14.4. The first-order valence-corrected chi connectivity index (χ1v) is 8.66. The molecule has 126 valence electrons. The average molecular weight is 324 g/mol. The summed E-state index contributed by atoms with van der Waals surface area (Å²) in [4.78, 5) is 7.32. The van der Waals surface area contributed by atoms with Crippen LogP contribution in [0.1, 0.15) is 24.5 Å². The monoisotopic (exact) mass is 324 g/mol. The van der Waals surface area contributed by atoms with Gasteiger partial charge >= 0.3 is 0 Å². The molecule has 0 bridgehead atoms. The van der Waals surface area contributed by atoms with Crippen LogP contribution in [0, 0.1) is 5.92 Å². The summed E-state index contributed by atoms with van der Waals surface area (Å²) in [6.45, 7) is 3.19. The van der Waals surface area contributed by atoms with Gasteiger partial charge in [-0.25, -0.2) is 4.98 Å². The zero-order valence-corrected chi connectivity index (χ0v) is 14.4. The fraction of sp³-hybridized carbons (Fsp3) is 0.500. The van der Waals surface area contributed by atoms with Crippen molar-refractivity contribution < 1.29 is 0 Å². The molecule has 24 heavy (non-hydrogen) atoms.